The molecule has 19 heavy (non-hydrogen) atoms. The van der Waals surface area contributed by atoms with E-state index >= 15 is 0 Å². The highest BCUT2D eigenvalue weighted by atomic mass is 16.3. The zero-order valence-electron chi connectivity index (χ0n) is 11.8. The molecule has 4 heteroatoms. The zero-order valence-corrected chi connectivity index (χ0v) is 11.8. The van der Waals surface area contributed by atoms with Crippen LogP contribution in [0.3, 0.4) is 0 Å². The van der Waals surface area contributed by atoms with Crippen LogP contribution in [0, 0.1) is 0 Å². The third-order valence-corrected chi connectivity index (χ3v) is 3.57. The van der Waals surface area contributed by atoms with E-state index in [1.165, 1.54) is 5.56 Å². The second-order valence-electron chi connectivity index (χ2n) is 5.40. The van der Waals surface area contributed by atoms with Crippen molar-refractivity contribution in [2.45, 2.75) is 38.8 Å². The smallest absolute Gasteiger partial charge is 0.227 e. The fourth-order valence-corrected chi connectivity index (χ4v) is 2.55. The van der Waals surface area contributed by atoms with Gasteiger partial charge in [-0.3, -0.25) is 4.79 Å². The summed E-state index contributed by atoms with van der Waals surface area (Å²) in [7, 11) is 1.82. The molecule has 1 heterocycles. The van der Waals surface area contributed by atoms with Crippen LogP contribution < -0.4 is 10.2 Å². The molecule has 2 rings (SSSR count). The van der Waals surface area contributed by atoms with Gasteiger partial charge in [-0.2, -0.15) is 0 Å². The Morgan fingerprint density at radius 2 is 2.11 bits per heavy atom. The van der Waals surface area contributed by atoms with E-state index in [1.54, 1.807) is 4.90 Å². The molecular weight excluding hydrogens is 240 g/mol. The SMILES string of the molecule is CC(C)NC(CO)c1ccc2c(c1)CCC(=O)N2C. The molecule has 0 saturated heterocycles. The summed E-state index contributed by atoms with van der Waals surface area (Å²) < 4.78 is 0. The Morgan fingerprint density at radius 3 is 2.74 bits per heavy atom. The number of carbonyl (C=O) groups is 1. The molecule has 0 bridgehead atoms. The summed E-state index contributed by atoms with van der Waals surface area (Å²) >= 11 is 0. The average Bonchev–Trinajstić information content (AvgIpc) is 2.40. The number of aliphatic hydroxyl groups excluding tert-OH is 1. The van der Waals surface area contributed by atoms with Crippen LogP contribution in [0.1, 0.15) is 37.4 Å². The van der Waals surface area contributed by atoms with Crippen molar-refractivity contribution in [1.82, 2.24) is 5.32 Å². The van der Waals surface area contributed by atoms with E-state index in [-0.39, 0.29) is 18.6 Å². The first-order valence-corrected chi connectivity index (χ1v) is 6.79. The highest BCUT2D eigenvalue weighted by molar-refractivity contribution is 5.95. The zero-order chi connectivity index (χ0) is 14.0. The molecule has 1 unspecified atom stereocenters. The van der Waals surface area contributed by atoms with Crippen molar-refractivity contribution in [2.75, 3.05) is 18.6 Å². The maximum Gasteiger partial charge on any atom is 0.227 e. The first-order chi connectivity index (χ1) is 9.02. The molecule has 1 aromatic rings. The lowest BCUT2D eigenvalue weighted by molar-refractivity contribution is -0.118. The molecule has 0 radical (unpaired) electrons. The van der Waals surface area contributed by atoms with Gasteiger partial charge in [0.2, 0.25) is 5.91 Å². The van der Waals surface area contributed by atoms with Crippen molar-refractivity contribution in [2.24, 2.45) is 0 Å². The van der Waals surface area contributed by atoms with Gasteiger partial charge in [0, 0.05) is 25.2 Å². The number of aliphatic hydroxyl groups is 1. The average molecular weight is 262 g/mol. The number of anilines is 1. The van der Waals surface area contributed by atoms with Gasteiger partial charge in [0.1, 0.15) is 0 Å². The molecule has 0 saturated carbocycles. The number of amides is 1. The van der Waals surface area contributed by atoms with Crippen molar-refractivity contribution in [1.29, 1.82) is 0 Å². The summed E-state index contributed by atoms with van der Waals surface area (Å²) in [5, 5.41) is 12.8. The maximum absolute atomic E-state index is 11.7. The number of nitrogens with one attached hydrogen (secondary N) is 1. The van der Waals surface area contributed by atoms with E-state index < -0.39 is 0 Å². The van der Waals surface area contributed by atoms with E-state index in [0.29, 0.717) is 12.5 Å². The highest BCUT2D eigenvalue weighted by Gasteiger charge is 2.22. The number of nitrogens with zero attached hydrogens (tertiary/aromatic N) is 1. The van der Waals surface area contributed by atoms with Gasteiger partial charge < -0.3 is 15.3 Å². The summed E-state index contributed by atoms with van der Waals surface area (Å²) in [5.41, 5.74) is 3.25. The monoisotopic (exact) mass is 262 g/mol. The molecule has 0 aliphatic carbocycles. The van der Waals surface area contributed by atoms with Crippen LogP contribution in [0.15, 0.2) is 18.2 Å². The fraction of sp³-hybridized carbons (Fsp3) is 0.533. The van der Waals surface area contributed by atoms with Crippen molar-refractivity contribution < 1.29 is 9.90 Å². The predicted molar refractivity (Wildman–Crippen MR) is 76.3 cm³/mol. The number of aryl methyl sites for hydroxylation is 1. The lowest BCUT2D eigenvalue weighted by atomic mass is 9.96. The van der Waals surface area contributed by atoms with Crippen LogP contribution in [-0.4, -0.2) is 30.7 Å². The lowest BCUT2D eigenvalue weighted by Crippen LogP contribution is -2.32. The number of fused-ring (bicyclic) bond motifs is 1. The van der Waals surface area contributed by atoms with E-state index in [9.17, 15) is 9.90 Å². The van der Waals surface area contributed by atoms with Gasteiger partial charge >= 0.3 is 0 Å². The van der Waals surface area contributed by atoms with Gasteiger partial charge in [0.25, 0.3) is 0 Å². The minimum Gasteiger partial charge on any atom is -0.394 e. The molecule has 104 valence electrons. The minimum absolute atomic E-state index is 0.0479. The highest BCUT2D eigenvalue weighted by Crippen LogP contribution is 2.29. The molecule has 1 aliphatic heterocycles. The molecular formula is C15H22N2O2. The number of carbonyl (C=O) groups excluding carboxylic acids is 1. The fourth-order valence-electron chi connectivity index (χ4n) is 2.55. The van der Waals surface area contributed by atoms with Crippen LogP contribution in [0.2, 0.25) is 0 Å². The molecule has 1 atom stereocenters. The third-order valence-electron chi connectivity index (χ3n) is 3.57. The summed E-state index contributed by atoms with van der Waals surface area (Å²) in [6.07, 6.45) is 1.35. The summed E-state index contributed by atoms with van der Waals surface area (Å²) in [4.78, 5) is 13.4. The summed E-state index contributed by atoms with van der Waals surface area (Å²) in [5.74, 6) is 0.166. The molecule has 0 aromatic heterocycles. The van der Waals surface area contributed by atoms with Gasteiger partial charge in [0.15, 0.2) is 0 Å². The molecule has 1 aliphatic rings. The number of hydrogen-bond acceptors (Lipinski definition) is 3. The van der Waals surface area contributed by atoms with Gasteiger partial charge in [-0.1, -0.05) is 26.0 Å². The number of benzene rings is 1. The Morgan fingerprint density at radius 1 is 1.37 bits per heavy atom. The van der Waals surface area contributed by atoms with Crippen molar-refractivity contribution in [3.63, 3.8) is 0 Å². The molecule has 0 spiro atoms. The normalized spacial score (nSPS) is 16.7. The van der Waals surface area contributed by atoms with E-state index in [1.807, 2.05) is 19.2 Å². The Bertz CT molecular complexity index is 471. The third kappa shape index (κ3) is 2.96. The first-order valence-electron chi connectivity index (χ1n) is 6.79. The van der Waals surface area contributed by atoms with Crippen LogP contribution in [0.4, 0.5) is 5.69 Å². The van der Waals surface area contributed by atoms with E-state index in [2.05, 4.69) is 25.2 Å². The van der Waals surface area contributed by atoms with Gasteiger partial charge in [-0.25, -0.2) is 0 Å². The molecule has 1 aromatic carbocycles. The molecule has 4 nitrogen and oxygen atoms in total. The predicted octanol–water partition coefficient (Wildman–Crippen LogP) is 1.63. The Labute approximate surface area is 114 Å². The van der Waals surface area contributed by atoms with Crippen LogP contribution in [0.25, 0.3) is 0 Å². The van der Waals surface area contributed by atoms with Crippen molar-refractivity contribution >= 4 is 11.6 Å². The standard InChI is InChI=1S/C15H22N2O2/c1-10(2)16-13(9-18)11-4-6-14-12(8-11)5-7-15(19)17(14)3/h4,6,8,10,13,16,18H,5,7,9H2,1-3H3. The van der Waals surface area contributed by atoms with Crippen molar-refractivity contribution in [3.05, 3.63) is 29.3 Å². The Balaban J connectivity index is 2.28. The second kappa shape index (κ2) is 5.72. The largest absolute Gasteiger partial charge is 0.394 e. The van der Waals surface area contributed by atoms with Gasteiger partial charge in [-0.05, 0) is 23.6 Å². The second-order valence-corrected chi connectivity index (χ2v) is 5.40. The quantitative estimate of drug-likeness (QED) is 0.867. The summed E-state index contributed by atoms with van der Waals surface area (Å²) in [6, 6.07) is 6.34. The molecule has 1 amide bonds. The minimum atomic E-state index is -0.0479. The Hall–Kier alpha value is -1.39. The summed E-state index contributed by atoms with van der Waals surface area (Å²) in [6.45, 7) is 4.20. The molecule has 2 N–H and O–H groups in total. The van der Waals surface area contributed by atoms with Gasteiger partial charge in [0.05, 0.1) is 12.6 Å². The number of rotatable bonds is 4. The Kier molecular flexibility index (Phi) is 4.22. The maximum atomic E-state index is 11.7. The molecule has 0 fully saturated rings. The van der Waals surface area contributed by atoms with Crippen LogP contribution >= 0.6 is 0 Å². The first kappa shape index (κ1) is 14.0. The van der Waals surface area contributed by atoms with E-state index in [4.69, 9.17) is 0 Å². The number of hydrogen-bond donors (Lipinski definition) is 2. The van der Waals surface area contributed by atoms with Crippen LogP contribution in [0.5, 0.6) is 0 Å². The lowest BCUT2D eigenvalue weighted by Gasteiger charge is -2.27. The van der Waals surface area contributed by atoms with E-state index in [0.717, 1.165) is 17.7 Å². The topological polar surface area (TPSA) is 52.6 Å². The van der Waals surface area contributed by atoms with Gasteiger partial charge in [-0.15, -0.1) is 0 Å². The van der Waals surface area contributed by atoms with Crippen molar-refractivity contribution in [3.8, 4) is 0 Å². The van der Waals surface area contributed by atoms with Crippen LogP contribution in [-0.2, 0) is 11.2 Å².